The van der Waals surface area contributed by atoms with Crippen LogP contribution in [0.3, 0.4) is 0 Å². The zero-order valence-corrected chi connectivity index (χ0v) is 23.3. The number of rotatable bonds is 18. The molecule has 0 fully saturated rings. The van der Waals surface area contributed by atoms with Gasteiger partial charge in [-0.1, -0.05) is 41.4 Å². The summed E-state index contributed by atoms with van der Waals surface area (Å²) >= 11 is 3.42. The van der Waals surface area contributed by atoms with E-state index in [9.17, 15) is 19.2 Å². The van der Waals surface area contributed by atoms with Gasteiger partial charge in [0.1, 0.15) is 6.61 Å². The Morgan fingerprint density at radius 2 is 1.58 bits per heavy atom. The molecule has 0 heterocycles. The molecule has 36 heavy (non-hydrogen) atoms. The van der Waals surface area contributed by atoms with Crippen LogP contribution in [0.5, 0.6) is 0 Å². The number of Topliss-reactive ketones (excluding diaryl/α,β-unsaturated/α-hetero) is 2. The van der Waals surface area contributed by atoms with E-state index in [4.69, 9.17) is 10.5 Å². The largest absolute Gasteiger partial charge is 0.372 e. The van der Waals surface area contributed by atoms with Crippen LogP contribution in [0.15, 0.2) is 28.7 Å². The molecule has 0 unspecified atom stereocenters. The highest BCUT2D eigenvalue weighted by Crippen LogP contribution is 2.14. The van der Waals surface area contributed by atoms with Gasteiger partial charge in [0, 0.05) is 24.2 Å². The lowest BCUT2D eigenvalue weighted by atomic mass is 10.1. The van der Waals surface area contributed by atoms with Crippen molar-refractivity contribution >= 4 is 39.4 Å². The number of amides is 3. The Morgan fingerprint density at radius 3 is 2.14 bits per heavy atom. The molecular formula is C26H41BrN4O5. The number of nitrogens with one attached hydrogen (secondary N) is 2. The summed E-state index contributed by atoms with van der Waals surface area (Å²) in [5, 5.41) is 5.35. The number of nitrogens with two attached hydrogens (primary N) is 1. The lowest BCUT2D eigenvalue weighted by Gasteiger charge is -2.24. The van der Waals surface area contributed by atoms with Crippen molar-refractivity contribution in [2.24, 2.45) is 5.73 Å². The molecule has 202 valence electrons. The van der Waals surface area contributed by atoms with Gasteiger partial charge in [0.15, 0.2) is 11.6 Å². The fourth-order valence-corrected chi connectivity index (χ4v) is 3.85. The summed E-state index contributed by atoms with van der Waals surface area (Å²) in [5.41, 5.74) is 6.48. The molecule has 2 atom stereocenters. The molecule has 1 rings (SSSR count). The van der Waals surface area contributed by atoms with Crippen molar-refractivity contribution in [1.82, 2.24) is 15.5 Å². The number of hydrogen-bond donors (Lipinski definition) is 3. The van der Waals surface area contributed by atoms with Crippen LogP contribution in [0.2, 0.25) is 0 Å². The van der Waals surface area contributed by atoms with Crippen LogP contribution in [0, 0.1) is 0 Å². The summed E-state index contributed by atoms with van der Waals surface area (Å²) in [6.45, 7) is 6.69. The number of ketones is 2. The van der Waals surface area contributed by atoms with Crippen LogP contribution in [-0.2, 0) is 25.7 Å². The number of urea groups is 1. The minimum absolute atomic E-state index is 0.0105. The third-order valence-corrected chi connectivity index (χ3v) is 6.23. The number of benzene rings is 1. The van der Waals surface area contributed by atoms with Crippen molar-refractivity contribution in [3.8, 4) is 0 Å². The molecule has 0 aliphatic rings. The first kappa shape index (κ1) is 31.7. The van der Waals surface area contributed by atoms with E-state index < -0.39 is 18.1 Å². The maximum atomic E-state index is 12.8. The summed E-state index contributed by atoms with van der Waals surface area (Å²) in [6.07, 6.45) is 3.73. The Morgan fingerprint density at radius 1 is 0.972 bits per heavy atom. The third kappa shape index (κ3) is 13.1. The minimum atomic E-state index is -0.658. The molecule has 0 aromatic heterocycles. The highest BCUT2D eigenvalue weighted by molar-refractivity contribution is 9.10. The van der Waals surface area contributed by atoms with Crippen molar-refractivity contribution in [3.63, 3.8) is 0 Å². The van der Waals surface area contributed by atoms with Gasteiger partial charge >= 0.3 is 6.03 Å². The van der Waals surface area contributed by atoms with E-state index in [0.717, 1.165) is 16.5 Å². The summed E-state index contributed by atoms with van der Waals surface area (Å²) < 4.78 is 6.42. The normalized spacial score (nSPS) is 12.5. The minimum Gasteiger partial charge on any atom is -0.372 e. The predicted molar refractivity (Wildman–Crippen MR) is 143 cm³/mol. The number of ether oxygens (including phenoxy) is 1. The molecular weight excluding hydrogens is 528 g/mol. The van der Waals surface area contributed by atoms with Crippen LogP contribution in [0.1, 0.15) is 64.9 Å². The molecule has 10 heteroatoms. The van der Waals surface area contributed by atoms with Crippen LogP contribution in [0.25, 0.3) is 0 Å². The molecule has 3 amide bonds. The fourth-order valence-electron chi connectivity index (χ4n) is 3.59. The van der Waals surface area contributed by atoms with Gasteiger partial charge in [0.2, 0.25) is 5.91 Å². The van der Waals surface area contributed by atoms with Gasteiger partial charge in [-0.05, 0) is 70.2 Å². The number of hydrogen-bond acceptors (Lipinski definition) is 6. The Labute approximate surface area is 223 Å². The average molecular weight is 570 g/mol. The molecule has 0 aliphatic heterocycles. The lowest BCUT2D eigenvalue weighted by molar-refractivity contribution is -0.137. The van der Waals surface area contributed by atoms with Crippen LogP contribution in [0.4, 0.5) is 4.79 Å². The van der Waals surface area contributed by atoms with Gasteiger partial charge in [0.05, 0.1) is 12.1 Å². The zero-order valence-electron chi connectivity index (χ0n) is 21.7. The van der Waals surface area contributed by atoms with E-state index in [1.54, 1.807) is 4.90 Å². The van der Waals surface area contributed by atoms with Crippen molar-refractivity contribution in [3.05, 3.63) is 34.3 Å². The van der Waals surface area contributed by atoms with E-state index in [2.05, 4.69) is 26.6 Å². The molecule has 0 saturated heterocycles. The lowest BCUT2D eigenvalue weighted by Crippen LogP contribution is -2.50. The molecule has 0 saturated carbocycles. The topological polar surface area (TPSA) is 131 Å². The number of halogens is 1. The monoisotopic (exact) mass is 568 g/mol. The molecule has 0 spiro atoms. The maximum absolute atomic E-state index is 12.8. The first-order valence-corrected chi connectivity index (χ1v) is 13.3. The first-order valence-electron chi connectivity index (χ1n) is 12.6. The van der Waals surface area contributed by atoms with Crippen LogP contribution >= 0.6 is 15.9 Å². The first-order chi connectivity index (χ1) is 17.2. The van der Waals surface area contributed by atoms with Gasteiger partial charge in [-0.25, -0.2) is 4.79 Å². The highest BCUT2D eigenvalue weighted by Gasteiger charge is 2.21. The molecule has 9 nitrogen and oxygen atoms in total. The highest BCUT2D eigenvalue weighted by atomic mass is 79.9. The zero-order chi connectivity index (χ0) is 26.9. The average Bonchev–Trinajstić information content (AvgIpc) is 2.83. The standard InChI is InChI=1S/C26H41BrN4O5/c1-4-8-23(19(2)32)29-26(35)30-24(20(3)33)9-5-6-15-31(25(34)18-36-16-7-14-28)17-21-10-12-22(27)13-11-21/h10-13,23-24H,4-9,14-18,28H2,1-3H3,(H2,29,30,35)/t23-,24-/m0/s1. The van der Waals surface area contributed by atoms with Crippen molar-refractivity contribution < 1.29 is 23.9 Å². The Bertz CT molecular complexity index is 834. The van der Waals surface area contributed by atoms with E-state index >= 15 is 0 Å². The second-order valence-electron chi connectivity index (χ2n) is 8.87. The summed E-state index contributed by atoms with van der Waals surface area (Å²) in [7, 11) is 0. The Hall–Kier alpha value is -2.30. The van der Waals surface area contributed by atoms with Gasteiger partial charge in [0.25, 0.3) is 0 Å². The van der Waals surface area contributed by atoms with Gasteiger partial charge in [-0.15, -0.1) is 0 Å². The Balaban J connectivity index is 2.64. The number of unbranched alkanes of at least 4 members (excludes halogenated alkanes) is 1. The SMILES string of the molecule is CCC[C@H](NC(=O)N[C@@H](CCCCN(Cc1ccc(Br)cc1)C(=O)COCCCN)C(C)=O)C(C)=O. The molecule has 0 radical (unpaired) electrons. The van der Waals surface area contributed by atoms with Gasteiger partial charge < -0.3 is 26.0 Å². The number of carbonyl (C=O) groups excluding carboxylic acids is 4. The molecule has 4 N–H and O–H groups in total. The van der Waals surface area contributed by atoms with E-state index in [-0.39, 0.29) is 24.1 Å². The summed E-state index contributed by atoms with van der Waals surface area (Å²) in [4.78, 5) is 50.7. The van der Waals surface area contributed by atoms with E-state index in [0.29, 0.717) is 58.3 Å². The number of nitrogens with zero attached hydrogens (tertiary/aromatic N) is 1. The van der Waals surface area contributed by atoms with Crippen molar-refractivity contribution in [1.29, 1.82) is 0 Å². The molecule has 1 aromatic rings. The van der Waals surface area contributed by atoms with E-state index in [1.165, 1.54) is 13.8 Å². The summed E-state index contributed by atoms with van der Waals surface area (Å²) in [6, 6.07) is 6.04. The Kier molecular flexibility index (Phi) is 15.9. The third-order valence-electron chi connectivity index (χ3n) is 5.70. The molecule has 1 aromatic carbocycles. The summed E-state index contributed by atoms with van der Waals surface area (Å²) in [5.74, 6) is -0.383. The molecule has 0 bridgehead atoms. The molecule has 0 aliphatic carbocycles. The van der Waals surface area contributed by atoms with Crippen LogP contribution in [-0.4, -0.2) is 66.8 Å². The second kappa shape index (κ2) is 18.0. The van der Waals surface area contributed by atoms with E-state index in [1.807, 2.05) is 31.2 Å². The second-order valence-corrected chi connectivity index (χ2v) is 9.78. The van der Waals surface area contributed by atoms with Crippen molar-refractivity contribution in [2.75, 3.05) is 26.3 Å². The quantitative estimate of drug-likeness (QED) is 0.233. The van der Waals surface area contributed by atoms with Gasteiger partial charge in [-0.3, -0.25) is 14.4 Å². The number of carbonyl (C=O) groups is 4. The fraction of sp³-hybridized carbons (Fsp3) is 0.615. The smallest absolute Gasteiger partial charge is 0.315 e. The van der Waals surface area contributed by atoms with Crippen LogP contribution < -0.4 is 16.4 Å². The van der Waals surface area contributed by atoms with Gasteiger partial charge in [-0.2, -0.15) is 0 Å². The van der Waals surface area contributed by atoms with Crippen molar-refractivity contribution in [2.45, 2.75) is 77.9 Å². The maximum Gasteiger partial charge on any atom is 0.315 e. The predicted octanol–water partition coefficient (Wildman–Crippen LogP) is 3.33.